The topological polar surface area (TPSA) is 39.7 Å². The minimum absolute atomic E-state index is 0.0567. The lowest BCUT2D eigenvalue weighted by molar-refractivity contribution is -0.0530. The minimum Gasteiger partial charge on any atom is -0.496 e. The van der Waals surface area contributed by atoms with Crippen molar-refractivity contribution in [3.8, 4) is 5.75 Å². The lowest BCUT2D eigenvalue weighted by Gasteiger charge is -2.23. The molecule has 1 unspecified atom stereocenters. The fourth-order valence-corrected chi connectivity index (χ4v) is 2.28. The first-order valence-corrected chi connectivity index (χ1v) is 6.54. The molecular weight excluding hydrogens is 249 g/mol. The Morgan fingerprint density at radius 1 is 1.42 bits per heavy atom. The average Bonchev–Trinajstić information content (AvgIpc) is 2.91. The maximum atomic E-state index is 13.5. The molecule has 1 saturated heterocycles. The predicted octanol–water partition coefficient (Wildman–Crippen LogP) is 2.25. The molecule has 1 aliphatic rings. The van der Waals surface area contributed by atoms with Crippen LogP contribution in [0.1, 0.15) is 24.9 Å². The second kappa shape index (κ2) is 6.84. The third kappa shape index (κ3) is 3.65. The van der Waals surface area contributed by atoms with Gasteiger partial charge in [0.25, 0.3) is 0 Å². The fraction of sp³-hybridized carbons (Fsp3) is 0.571. The summed E-state index contributed by atoms with van der Waals surface area (Å²) in [6.45, 7) is 4.01. The first-order chi connectivity index (χ1) is 9.24. The summed E-state index contributed by atoms with van der Waals surface area (Å²) in [5.41, 5.74) is 0.795. The zero-order valence-corrected chi connectivity index (χ0v) is 11.3. The molecular formula is C14H20FNO3. The summed E-state index contributed by atoms with van der Waals surface area (Å²) >= 11 is 0. The summed E-state index contributed by atoms with van der Waals surface area (Å²) < 4.78 is 29.7. The minimum atomic E-state index is -0.271. The first-order valence-electron chi connectivity index (χ1n) is 6.54. The van der Waals surface area contributed by atoms with Gasteiger partial charge in [-0.1, -0.05) is 6.92 Å². The summed E-state index contributed by atoms with van der Waals surface area (Å²) in [4.78, 5) is 0. The number of nitrogens with one attached hydrogen (secondary N) is 1. The summed E-state index contributed by atoms with van der Waals surface area (Å²) in [5.74, 6) is 0.400. The van der Waals surface area contributed by atoms with Crippen LogP contribution in [0.3, 0.4) is 0 Å². The van der Waals surface area contributed by atoms with Gasteiger partial charge in [-0.25, -0.2) is 4.39 Å². The number of benzene rings is 1. The van der Waals surface area contributed by atoms with Gasteiger partial charge in [-0.15, -0.1) is 0 Å². The van der Waals surface area contributed by atoms with E-state index in [9.17, 15) is 4.39 Å². The van der Waals surface area contributed by atoms with Crippen LogP contribution in [0.5, 0.6) is 5.75 Å². The van der Waals surface area contributed by atoms with E-state index in [1.165, 1.54) is 12.1 Å². The van der Waals surface area contributed by atoms with Crippen LogP contribution in [0.25, 0.3) is 0 Å². The highest BCUT2D eigenvalue weighted by molar-refractivity contribution is 5.36. The number of rotatable bonds is 6. The van der Waals surface area contributed by atoms with Crippen molar-refractivity contribution < 1.29 is 18.6 Å². The van der Waals surface area contributed by atoms with Crippen LogP contribution >= 0.6 is 0 Å². The van der Waals surface area contributed by atoms with E-state index in [2.05, 4.69) is 5.32 Å². The number of methoxy groups -OCH3 is 1. The van der Waals surface area contributed by atoms with E-state index < -0.39 is 0 Å². The molecule has 0 bridgehead atoms. The fourth-order valence-electron chi connectivity index (χ4n) is 2.28. The Labute approximate surface area is 112 Å². The van der Waals surface area contributed by atoms with Gasteiger partial charge in [0, 0.05) is 18.0 Å². The molecule has 1 N–H and O–H groups in total. The van der Waals surface area contributed by atoms with E-state index in [1.807, 2.05) is 6.92 Å². The Morgan fingerprint density at radius 2 is 2.16 bits per heavy atom. The molecule has 0 radical (unpaired) electrons. The number of hydrogen-bond acceptors (Lipinski definition) is 4. The van der Waals surface area contributed by atoms with Crippen molar-refractivity contribution >= 4 is 0 Å². The largest absolute Gasteiger partial charge is 0.496 e. The Kier molecular flexibility index (Phi) is 5.13. The third-order valence-electron chi connectivity index (χ3n) is 3.14. The van der Waals surface area contributed by atoms with Crippen molar-refractivity contribution in [2.24, 2.45) is 0 Å². The van der Waals surface area contributed by atoms with Crippen LogP contribution in [0.4, 0.5) is 4.39 Å². The highest BCUT2D eigenvalue weighted by Crippen LogP contribution is 2.30. The summed E-state index contributed by atoms with van der Waals surface area (Å²) in [6, 6.07) is 4.49. The van der Waals surface area contributed by atoms with Crippen molar-refractivity contribution in [1.82, 2.24) is 5.32 Å². The Morgan fingerprint density at radius 3 is 2.79 bits per heavy atom. The van der Waals surface area contributed by atoms with Gasteiger partial charge >= 0.3 is 0 Å². The second-order valence-corrected chi connectivity index (χ2v) is 4.40. The van der Waals surface area contributed by atoms with Crippen LogP contribution in [-0.4, -0.2) is 33.2 Å². The standard InChI is InChI=1S/C14H20FNO3/c1-3-16-12(9-14-18-6-7-19-14)11-8-10(15)4-5-13(11)17-2/h4-5,8,12,14,16H,3,6-7,9H2,1-2H3. The predicted molar refractivity (Wildman–Crippen MR) is 69.7 cm³/mol. The molecule has 1 atom stereocenters. The highest BCUT2D eigenvalue weighted by atomic mass is 19.1. The molecule has 5 heteroatoms. The SMILES string of the molecule is CCNC(CC1OCCO1)c1cc(F)ccc1OC. The molecule has 19 heavy (non-hydrogen) atoms. The molecule has 1 heterocycles. The molecule has 0 saturated carbocycles. The Bertz CT molecular complexity index is 408. The van der Waals surface area contributed by atoms with Crippen LogP contribution in [0.2, 0.25) is 0 Å². The first kappa shape index (κ1) is 14.2. The molecule has 0 spiro atoms. The molecule has 2 rings (SSSR count). The average molecular weight is 269 g/mol. The number of ether oxygens (including phenoxy) is 3. The smallest absolute Gasteiger partial charge is 0.159 e. The van der Waals surface area contributed by atoms with Gasteiger partial charge in [0.2, 0.25) is 0 Å². The van der Waals surface area contributed by atoms with Crippen LogP contribution in [0, 0.1) is 5.82 Å². The molecule has 1 aromatic rings. The van der Waals surface area contributed by atoms with Gasteiger partial charge in [0.05, 0.1) is 20.3 Å². The lowest BCUT2D eigenvalue weighted by Crippen LogP contribution is -2.26. The maximum absolute atomic E-state index is 13.5. The van der Waals surface area contributed by atoms with Crippen molar-refractivity contribution in [3.05, 3.63) is 29.6 Å². The zero-order valence-electron chi connectivity index (χ0n) is 11.3. The highest BCUT2D eigenvalue weighted by Gasteiger charge is 2.24. The van der Waals surface area contributed by atoms with Crippen molar-refractivity contribution in [2.75, 3.05) is 26.9 Å². The van der Waals surface area contributed by atoms with E-state index in [1.54, 1.807) is 13.2 Å². The van der Waals surface area contributed by atoms with Gasteiger partial charge in [0.1, 0.15) is 11.6 Å². The van der Waals surface area contributed by atoms with E-state index in [0.717, 1.165) is 12.1 Å². The van der Waals surface area contributed by atoms with E-state index >= 15 is 0 Å². The van der Waals surface area contributed by atoms with Gasteiger partial charge in [-0.05, 0) is 24.7 Å². The van der Waals surface area contributed by atoms with Gasteiger partial charge in [0.15, 0.2) is 6.29 Å². The van der Waals surface area contributed by atoms with Gasteiger partial charge < -0.3 is 19.5 Å². The van der Waals surface area contributed by atoms with Crippen LogP contribution in [0.15, 0.2) is 18.2 Å². The van der Waals surface area contributed by atoms with Crippen LogP contribution in [-0.2, 0) is 9.47 Å². The quantitative estimate of drug-likeness (QED) is 0.860. The Hall–Kier alpha value is -1.17. The molecule has 1 aromatic carbocycles. The number of halogens is 1. The van der Waals surface area contributed by atoms with E-state index in [4.69, 9.17) is 14.2 Å². The Balaban J connectivity index is 2.18. The van der Waals surface area contributed by atoms with Crippen molar-refractivity contribution in [3.63, 3.8) is 0 Å². The van der Waals surface area contributed by atoms with Crippen molar-refractivity contribution in [2.45, 2.75) is 25.7 Å². The summed E-state index contributed by atoms with van der Waals surface area (Å²) in [7, 11) is 1.59. The number of hydrogen-bond donors (Lipinski definition) is 1. The molecule has 4 nitrogen and oxygen atoms in total. The summed E-state index contributed by atoms with van der Waals surface area (Å²) in [6.07, 6.45) is 0.394. The third-order valence-corrected chi connectivity index (χ3v) is 3.14. The molecule has 0 aliphatic carbocycles. The molecule has 106 valence electrons. The molecule has 1 aliphatic heterocycles. The summed E-state index contributed by atoms with van der Waals surface area (Å²) in [5, 5.41) is 3.32. The lowest BCUT2D eigenvalue weighted by atomic mass is 10.0. The maximum Gasteiger partial charge on any atom is 0.159 e. The molecule has 0 aromatic heterocycles. The zero-order chi connectivity index (χ0) is 13.7. The van der Waals surface area contributed by atoms with Crippen LogP contribution < -0.4 is 10.1 Å². The van der Waals surface area contributed by atoms with Crippen molar-refractivity contribution in [1.29, 1.82) is 0 Å². The monoisotopic (exact) mass is 269 g/mol. The normalized spacial score (nSPS) is 17.6. The van der Waals surface area contributed by atoms with E-state index in [-0.39, 0.29) is 18.1 Å². The molecule has 1 fully saturated rings. The van der Waals surface area contributed by atoms with E-state index in [0.29, 0.717) is 25.4 Å². The second-order valence-electron chi connectivity index (χ2n) is 4.40. The molecule has 0 amide bonds. The van der Waals surface area contributed by atoms with Gasteiger partial charge in [-0.2, -0.15) is 0 Å². The van der Waals surface area contributed by atoms with Gasteiger partial charge in [-0.3, -0.25) is 0 Å².